The number of fused-ring (bicyclic) bond motifs is 1. The quantitative estimate of drug-likeness (QED) is 0.710. The third-order valence-electron chi connectivity index (χ3n) is 4.14. The molecule has 0 saturated heterocycles. The number of sulfonamides is 1. The number of carbonyl (C=O) groups is 1. The Balaban J connectivity index is 1.89. The number of ether oxygens (including phenoxy) is 1. The second kappa shape index (κ2) is 7.69. The summed E-state index contributed by atoms with van der Waals surface area (Å²) in [4.78, 5) is 12.7. The van der Waals surface area contributed by atoms with E-state index in [-0.39, 0.29) is 5.91 Å². The van der Waals surface area contributed by atoms with Crippen molar-refractivity contribution in [2.24, 2.45) is 0 Å². The van der Waals surface area contributed by atoms with Crippen molar-refractivity contribution in [1.82, 2.24) is 0 Å². The van der Waals surface area contributed by atoms with Gasteiger partial charge in [-0.1, -0.05) is 11.6 Å². The van der Waals surface area contributed by atoms with Crippen LogP contribution in [0.25, 0.3) is 0 Å². The Morgan fingerprint density at radius 3 is 2.74 bits per heavy atom. The molecule has 0 aromatic heterocycles. The highest BCUT2D eigenvalue weighted by atomic mass is 79.9. The van der Waals surface area contributed by atoms with E-state index in [9.17, 15) is 13.2 Å². The smallest absolute Gasteiger partial charge is 0.255 e. The third-order valence-corrected chi connectivity index (χ3v) is 6.13. The van der Waals surface area contributed by atoms with Crippen LogP contribution < -0.4 is 14.4 Å². The summed E-state index contributed by atoms with van der Waals surface area (Å²) in [7, 11) is -3.32. The fourth-order valence-electron chi connectivity index (χ4n) is 3.00. The number of halogens is 2. The first-order valence-electron chi connectivity index (χ1n) is 8.24. The minimum Gasteiger partial charge on any atom is -0.491 e. The van der Waals surface area contributed by atoms with Crippen molar-refractivity contribution >= 4 is 54.8 Å². The largest absolute Gasteiger partial charge is 0.491 e. The molecule has 0 fully saturated rings. The molecule has 0 aliphatic carbocycles. The molecule has 0 atom stereocenters. The minimum absolute atomic E-state index is 0.328. The average molecular weight is 474 g/mol. The number of nitrogens with one attached hydrogen (secondary N) is 1. The minimum atomic E-state index is -3.32. The van der Waals surface area contributed by atoms with Gasteiger partial charge in [-0.2, -0.15) is 0 Å². The molecule has 1 heterocycles. The van der Waals surface area contributed by atoms with Crippen LogP contribution >= 0.6 is 27.5 Å². The van der Waals surface area contributed by atoms with Crippen LogP contribution in [0.15, 0.2) is 34.8 Å². The van der Waals surface area contributed by atoms with Crippen molar-refractivity contribution in [3.05, 3.63) is 51.0 Å². The number of carbonyl (C=O) groups excluding carboxylic acids is 1. The molecule has 0 radical (unpaired) electrons. The highest BCUT2D eigenvalue weighted by Crippen LogP contribution is 2.37. The van der Waals surface area contributed by atoms with Gasteiger partial charge >= 0.3 is 0 Å². The predicted molar refractivity (Wildman–Crippen MR) is 111 cm³/mol. The van der Waals surface area contributed by atoms with Crippen molar-refractivity contribution in [3.63, 3.8) is 0 Å². The SMILES string of the molecule is CCOc1c(Br)cc(Cl)cc1NC(=O)c1ccc2c(c1)CCN2S(C)(=O)=O. The summed E-state index contributed by atoms with van der Waals surface area (Å²) < 4.78 is 31.3. The van der Waals surface area contributed by atoms with E-state index in [2.05, 4.69) is 21.2 Å². The molecule has 2 aromatic rings. The van der Waals surface area contributed by atoms with Gasteiger partial charge in [0, 0.05) is 17.1 Å². The van der Waals surface area contributed by atoms with Crippen LogP contribution in [0.4, 0.5) is 11.4 Å². The fourth-order valence-corrected chi connectivity index (χ4v) is 4.88. The highest BCUT2D eigenvalue weighted by molar-refractivity contribution is 9.10. The van der Waals surface area contributed by atoms with E-state index in [1.54, 1.807) is 30.3 Å². The zero-order chi connectivity index (χ0) is 19.8. The van der Waals surface area contributed by atoms with Crippen molar-refractivity contribution in [1.29, 1.82) is 0 Å². The first-order chi connectivity index (χ1) is 12.7. The highest BCUT2D eigenvalue weighted by Gasteiger charge is 2.27. The van der Waals surface area contributed by atoms with Gasteiger partial charge in [0.15, 0.2) is 5.75 Å². The number of benzene rings is 2. The fraction of sp³-hybridized carbons (Fsp3) is 0.278. The van der Waals surface area contributed by atoms with Gasteiger partial charge in [0.1, 0.15) is 0 Å². The Bertz CT molecular complexity index is 1010. The monoisotopic (exact) mass is 472 g/mol. The maximum atomic E-state index is 12.7. The van der Waals surface area contributed by atoms with Crippen LogP contribution in [0.3, 0.4) is 0 Å². The standard InChI is InChI=1S/C18H18BrClN2O4S/c1-3-26-17-14(19)9-13(20)10-15(17)21-18(23)12-4-5-16-11(8-12)6-7-22(16)27(2,24)25/h4-5,8-10H,3,6-7H2,1-2H3,(H,21,23). The molecule has 1 aliphatic heterocycles. The van der Waals surface area contributed by atoms with Gasteiger partial charge in [-0.15, -0.1) is 0 Å². The lowest BCUT2D eigenvalue weighted by molar-refractivity contribution is 0.102. The van der Waals surface area contributed by atoms with Gasteiger partial charge in [0.25, 0.3) is 5.91 Å². The lowest BCUT2D eigenvalue weighted by atomic mass is 10.1. The molecular weight excluding hydrogens is 456 g/mol. The van der Waals surface area contributed by atoms with Gasteiger partial charge in [-0.05, 0) is 65.2 Å². The number of nitrogens with zero attached hydrogens (tertiary/aromatic N) is 1. The van der Waals surface area contributed by atoms with Crippen LogP contribution in [0.5, 0.6) is 5.75 Å². The van der Waals surface area contributed by atoms with Gasteiger partial charge < -0.3 is 10.1 Å². The first kappa shape index (κ1) is 20.0. The maximum absolute atomic E-state index is 12.7. The van der Waals surface area contributed by atoms with Gasteiger partial charge in [-0.25, -0.2) is 8.42 Å². The summed E-state index contributed by atoms with van der Waals surface area (Å²) in [5, 5.41) is 3.27. The molecule has 1 aliphatic rings. The van der Waals surface area contributed by atoms with Gasteiger partial charge in [0.2, 0.25) is 10.0 Å². The van der Waals surface area contributed by atoms with E-state index in [0.29, 0.717) is 51.8 Å². The Hall–Kier alpha value is -1.77. The van der Waals surface area contributed by atoms with E-state index in [4.69, 9.17) is 16.3 Å². The van der Waals surface area contributed by atoms with Gasteiger partial charge in [-0.3, -0.25) is 9.10 Å². The second-order valence-corrected chi connectivity index (χ2v) is 9.28. The molecule has 2 aromatic carbocycles. The molecule has 6 nitrogen and oxygen atoms in total. The number of amides is 1. The Morgan fingerprint density at radius 1 is 1.33 bits per heavy atom. The molecule has 0 spiro atoms. The Morgan fingerprint density at radius 2 is 2.07 bits per heavy atom. The van der Waals surface area contributed by atoms with Gasteiger partial charge in [0.05, 0.1) is 28.7 Å². The van der Waals surface area contributed by atoms with Crippen molar-refractivity contribution in [2.75, 3.05) is 29.0 Å². The summed E-state index contributed by atoms with van der Waals surface area (Å²) in [6, 6.07) is 8.30. The molecule has 0 bridgehead atoms. The lowest BCUT2D eigenvalue weighted by Gasteiger charge is -2.17. The molecule has 3 rings (SSSR count). The van der Waals surface area contributed by atoms with E-state index < -0.39 is 10.0 Å². The Labute approximate surface area is 171 Å². The Kier molecular flexibility index (Phi) is 5.69. The topological polar surface area (TPSA) is 75.7 Å². The van der Waals surface area contributed by atoms with E-state index in [1.807, 2.05) is 6.92 Å². The van der Waals surface area contributed by atoms with E-state index >= 15 is 0 Å². The molecule has 0 unspecified atom stereocenters. The molecule has 1 amide bonds. The van der Waals surface area contributed by atoms with E-state index in [0.717, 1.165) is 5.56 Å². The van der Waals surface area contributed by atoms with E-state index in [1.165, 1.54) is 10.6 Å². The second-order valence-electron chi connectivity index (χ2n) is 6.08. The number of anilines is 2. The molecule has 1 N–H and O–H groups in total. The zero-order valence-corrected chi connectivity index (χ0v) is 17.9. The average Bonchev–Trinajstić information content (AvgIpc) is 3.01. The zero-order valence-electron chi connectivity index (χ0n) is 14.8. The molecular formula is C18H18BrClN2O4S. The predicted octanol–water partition coefficient (Wildman–Crippen LogP) is 4.08. The van der Waals surface area contributed by atoms with Crippen molar-refractivity contribution < 1.29 is 17.9 Å². The summed E-state index contributed by atoms with van der Waals surface area (Å²) in [6.45, 7) is 2.67. The molecule has 9 heteroatoms. The summed E-state index contributed by atoms with van der Waals surface area (Å²) in [5.41, 5.74) is 2.34. The van der Waals surface area contributed by atoms with Crippen LogP contribution in [-0.4, -0.2) is 33.7 Å². The van der Waals surface area contributed by atoms with Crippen molar-refractivity contribution in [2.45, 2.75) is 13.3 Å². The third kappa shape index (κ3) is 4.23. The summed E-state index contributed by atoms with van der Waals surface area (Å²) >= 11 is 9.48. The summed E-state index contributed by atoms with van der Waals surface area (Å²) in [6.07, 6.45) is 1.74. The first-order valence-corrected chi connectivity index (χ1v) is 11.3. The number of rotatable bonds is 5. The van der Waals surface area contributed by atoms with Crippen LogP contribution in [-0.2, 0) is 16.4 Å². The number of hydrogen-bond acceptors (Lipinski definition) is 4. The summed E-state index contributed by atoms with van der Waals surface area (Å²) in [5.74, 6) is 0.172. The van der Waals surface area contributed by atoms with Crippen LogP contribution in [0, 0.1) is 0 Å². The lowest BCUT2D eigenvalue weighted by Crippen LogP contribution is -2.27. The molecule has 0 saturated carbocycles. The van der Waals surface area contributed by atoms with Crippen molar-refractivity contribution in [3.8, 4) is 5.75 Å². The maximum Gasteiger partial charge on any atom is 0.255 e. The van der Waals surface area contributed by atoms with Crippen LogP contribution in [0.2, 0.25) is 5.02 Å². The molecule has 27 heavy (non-hydrogen) atoms. The molecule has 144 valence electrons. The normalized spacial score (nSPS) is 13.4. The number of hydrogen-bond donors (Lipinski definition) is 1. The van der Waals surface area contributed by atoms with Crippen LogP contribution in [0.1, 0.15) is 22.8 Å².